The third kappa shape index (κ3) is 4.74. The second kappa shape index (κ2) is 7.75. The molecule has 30 heavy (non-hydrogen) atoms. The van der Waals surface area contributed by atoms with Crippen LogP contribution in [0.4, 0.5) is 22.0 Å². The highest BCUT2D eigenvalue weighted by Crippen LogP contribution is 2.31. The second-order valence-corrected chi connectivity index (χ2v) is 9.45. The van der Waals surface area contributed by atoms with E-state index in [1.165, 1.54) is 6.07 Å². The van der Waals surface area contributed by atoms with Crippen molar-refractivity contribution in [2.24, 2.45) is 7.05 Å². The van der Waals surface area contributed by atoms with Crippen LogP contribution in [0.3, 0.4) is 0 Å². The Morgan fingerprint density at radius 2 is 1.87 bits per heavy atom. The molecular weight excluding hydrogens is 406 g/mol. The molecule has 0 spiro atoms. The molecule has 0 unspecified atom stereocenters. The summed E-state index contributed by atoms with van der Waals surface area (Å²) in [5.74, 6) is 0.396. The van der Waals surface area contributed by atoms with Crippen LogP contribution < -0.4 is 16.4 Å². The van der Waals surface area contributed by atoms with Gasteiger partial charge in [-0.05, 0) is 37.1 Å². The van der Waals surface area contributed by atoms with Crippen molar-refractivity contribution in [3.8, 4) is 11.4 Å². The number of aromatic nitrogens is 4. The molecule has 1 fully saturated rings. The predicted molar refractivity (Wildman–Crippen MR) is 113 cm³/mol. The van der Waals surface area contributed by atoms with E-state index in [0.717, 1.165) is 0 Å². The summed E-state index contributed by atoms with van der Waals surface area (Å²) in [5, 5.41) is 9.12. The number of sulfone groups is 1. The zero-order valence-electron chi connectivity index (χ0n) is 16.2. The summed E-state index contributed by atoms with van der Waals surface area (Å²) >= 11 is 0. The standard InChI is InChI=1S/C19H21N7O3S/c1-26-10-15(9-21-26)24-19(27)23-13-4-2-12(3-5-13)18-22-14(8-17(20)25-18)11-30(28,29)16-6-7-16/h2-5,8-10,16H,6-7,11H2,1H3,(H2,20,22,25)(H2,23,24,27). The lowest BCUT2D eigenvalue weighted by atomic mass is 10.2. The Hall–Kier alpha value is -3.47. The molecule has 1 aliphatic carbocycles. The number of hydrogen-bond donors (Lipinski definition) is 3. The zero-order valence-corrected chi connectivity index (χ0v) is 17.1. The summed E-state index contributed by atoms with van der Waals surface area (Å²) < 4.78 is 26.1. The molecule has 11 heteroatoms. The minimum atomic E-state index is -3.21. The van der Waals surface area contributed by atoms with Crippen LogP contribution in [-0.2, 0) is 22.6 Å². The molecule has 0 saturated heterocycles. The monoisotopic (exact) mass is 427 g/mol. The largest absolute Gasteiger partial charge is 0.384 e. The SMILES string of the molecule is Cn1cc(NC(=O)Nc2ccc(-c3nc(N)cc(CS(=O)(=O)C4CC4)n3)cc2)cn1. The van der Waals surface area contributed by atoms with Crippen LogP contribution in [0, 0.1) is 0 Å². The van der Waals surface area contributed by atoms with Gasteiger partial charge in [0.1, 0.15) is 5.82 Å². The topological polar surface area (TPSA) is 145 Å². The summed E-state index contributed by atoms with van der Waals surface area (Å²) in [5.41, 5.74) is 8.04. The highest BCUT2D eigenvalue weighted by Gasteiger charge is 2.35. The number of carbonyl (C=O) groups is 1. The molecule has 2 heterocycles. The molecule has 4 N–H and O–H groups in total. The van der Waals surface area contributed by atoms with Gasteiger partial charge in [-0.1, -0.05) is 0 Å². The molecule has 1 saturated carbocycles. The molecule has 1 aliphatic rings. The van der Waals surface area contributed by atoms with Crippen LogP contribution in [0.5, 0.6) is 0 Å². The van der Waals surface area contributed by atoms with Gasteiger partial charge in [0.15, 0.2) is 15.7 Å². The van der Waals surface area contributed by atoms with Gasteiger partial charge in [-0.2, -0.15) is 5.10 Å². The number of rotatable bonds is 6. The lowest BCUT2D eigenvalue weighted by molar-refractivity contribution is 0.262. The van der Waals surface area contributed by atoms with Crippen LogP contribution in [0.25, 0.3) is 11.4 Å². The number of aryl methyl sites for hydroxylation is 1. The molecule has 0 radical (unpaired) electrons. The van der Waals surface area contributed by atoms with Gasteiger partial charge in [-0.15, -0.1) is 0 Å². The molecule has 4 rings (SSSR count). The highest BCUT2D eigenvalue weighted by atomic mass is 32.2. The molecule has 2 amide bonds. The maximum absolute atomic E-state index is 12.2. The number of carbonyl (C=O) groups excluding carboxylic acids is 1. The minimum absolute atomic E-state index is 0.147. The van der Waals surface area contributed by atoms with Gasteiger partial charge in [-0.25, -0.2) is 23.2 Å². The molecular formula is C19H21N7O3S. The van der Waals surface area contributed by atoms with E-state index in [1.54, 1.807) is 48.4 Å². The average Bonchev–Trinajstić information content (AvgIpc) is 3.46. The predicted octanol–water partition coefficient (Wildman–Crippen LogP) is 2.18. The molecule has 3 aromatic rings. The fourth-order valence-electron chi connectivity index (χ4n) is 2.95. The Kier molecular flexibility index (Phi) is 5.12. The first-order valence-electron chi connectivity index (χ1n) is 9.30. The van der Waals surface area contributed by atoms with Gasteiger partial charge in [0, 0.05) is 30.6 Å². The fraction of sp³-hybridized carbons (Fsp3) is 0.263. The number of urea groups is 1. The van der Waals surface area contributed by atoms with Crippen LogP contribution >= 0.6 is 0 Å². The van der Waals surface area contributed by atoms with Crippen molar-refractivity contribution in [2.45, 2.75) is 23.8 Å². The lowest BCUT2D eigenvalue weighted by Gasteiger charge is -2.09. The maximum atomic E-state index is 12.2. The number of nitrogen functional groups attached to an aromatic ring is 1. The van der Waals surface area contributed by atoms with Crippen molar-refractivity contribution >= 4 is 33.1 Å². The number of anilines is 3. The lowest BCUT2D eigenvalue weighted by Crippen LogP contribution is -2.19. The van der Waals surface area contributed by atoms with E-state index < -0.39 is 15.9 Å². The first-order valence-corrected chi connectivity index (χ1v) is 11.0. The van der Waals surface area contributed by atoms with E-state index in [4.69, 9.17) is 5.73 Å². The summed E-state index contributed by atoms with van der Waals surface area (Å²) in [6.07, 6.45) is 4.64. The van der Waals surface area contributed by atoms with Crippen LogP contribution in [0.2, 0.25) is 0 Å². The van der Waals surface area contributed by atoms with E-state index in [2.05, 4.69) is 25.7 Å². The second-order valence-electron chi connectivity index (χ2n) is 7.17. The number of amides is 2. The number of benzene rings is 1. The van der Waals surface area contributed by atoms with E-state index in [1.807, 2.05) is 0 Å². The van der Waals surface area contributed by atoms with Gasteiger partial charge in [0.05, 0.1) is 28.6 Å². The summed E-state index contributed by atoms with van der Waals surface area (Å²) in [6.45, 7) is 0. The normalized spacial score (nSPS) is 13.8. The van der Waals surface area contributed by atoms with Gasteiger partial charge in [0.2, 0.25) is 0 Å². The van der Waals surface area contributed by atoms with E-state index >= 15 is 0 Å². The molecule has 0 bridgehead atoms. The van der Waals surface area contributed by atoms with Crippen molar-refractivity contribution in [1.29, 1.82) is 0 Å². The summed E-state index contributed by atoms with van der Waals surface area (Å²) in [4.78, 5) is 20.6. The minimum Gasteiger partial charge on any atom is -0.384 e. The Labute approximate surface area is 173 Å². The van der Waals surface area contributed by atoms with Gasteiger partial charge in [-0.3, -0.25) is 4.68 Å². The van der Waals surface area contributed by atoms with Crippen molar-refractivity contribution < 1.29 is 13.2 Å². The zero-order chi connectivity index (χ0) is 21.3. The van der Waals surface area contributed by atoms with Crippen molar-refractivity contribution in [3.63, 3.8) is 0 Å². The van der Waals surface area contributed by atoms with Crippen molar-refractivity contribution in [2.75, 3.05) is 16.4 Å². The molecule has 10 nitrogen and oxygen atoms in total. The molecule has 156 valence electrons. The number of nitrogens with zero attached hydrogens (tertiary/aromatic N) is 4. The molecule has 0 atom stereocenters. The van der Waals surface area contributed by atoms with Gasteiger partial charge in [0.25, 0.3) is 0 Å². The van der Waals surface area contributed by atoms with Crippen molar-refractivity contribution in [1.82, 2.24) is 19.7 Å². The van der Waals surface area contributed by atoms with Crippen LogP contribution in [0.15, 0.2) is 42.7 Å². The first kappa shape index (κ1) is 19.8. The van der Waals surface area contributed by atoms with Gasteiger partial charge < -0.3 is 16.4 Å². The Balaban J connectivity index is 1.46. The summed E-state index contributed by atoms with van der Waals surface area (Å²) in [6, 6.07) is 7.95. The quantitative estimate of drug-likeness (QED) is 0.546. The first-order chi connectivity index (χ1) is 14.3. The highest BCUT2D eigenvalue weighted by molar-refractivity contribution is 7.91. The van der Waals surface area contributed by atoms with Crippen LogP contribution in [-0.4, -0.2) is 39.4 Å². The number of nitrogens with one attached hydrogen (secondary N) is 2. The molecule has 1 aromatic carbocycles. The number of nitrogens with two attached hydrogens (primary N) is 1. The Morgan fingerprint density at radius 1 is 1.17 bits per heavy atom. The summed E-state index contributed by atoms with van der Waals surface area (Å²) in [7, 11) is -1.45. The average molecular weight is 427 g/mol. The van der Waals surface area contributed by atoms with E-state index in [0.29, 0.717) is 41.3 Å². The molecule has 2 aromatic heterocycles. The van der Waals surface area contributed by atoms with Crippen LogP contribution in [0.1, 0.15) is 18.5 Å². The van der Waals surface area contributed by atoms with Gasteiger partial charge >= 0.3 is 6.03 Å². The Bertz CT molecular complexity index is 1190. The smallest absolute Gasteiger partial charge is 0.323 e. The maximum Gasteiger partial charge on any atom is 0.323 e. The third-order valence-corrected chi connectivity index (χ3v) is 6.73. The fourth-order valence-corrected chi connectivity index (χ4v) is 4.60. The van der Waals surface area contributed by atoms with Crippen molar-refractivity contribution in [3.05, 3.63) is 48.4 Å². The number of hydrogen-bond acceptors (Lipinski definition) is 7. The Morgan fingerprint density at radius 3 is 2.50 bits per heavy atom. The van der Waals surface area contributed by atoms with E-state index in [-0.39, 0.29) is 16.8 Å². The van der Waals surface area contributed by atoms with E-state index in [9.17, 15) is 13.2 Å². The molecule has 0 aliphatic heterocycles. The third-order valence-electron chi connectivity index (χ3n) is 4.54.